The van der Waals surface area contributed by atoms with Gasteiger partial charge in [-0.15, -0.1) is 9.81 Å². The third-order valence-corrected chi connectivity index (χ3v) is 12.5. The van der Waals surface area contributed by atoms with Crippen molar-refractivity contribution in [3.63, 3.8) is 0 Å². The van der Waals surface area contributed by atoms with Gasteiger partial charge >= 0.3 is 0 Å². The van der Waals surface area contributed by atoms with Crippen molar-refractivity contribution >= 4 is 7.92 Å². The number of hydroxylamine groups is 2. The fourth-order valence-electron chi connectivity index (χ4n) is 5.61. The number of rotatable bonds is 7. The quantitative estimate of drug-likeness (QED) is 0.102. The van der Waals surface area contributed by atoms with Gasteiger partial charge in [-0.2, -0.15) is 0 Å². The third kappa shape index (κ3) is 14.8. The largest absolute Gasteiger partial charge is 0.358 e. The minimum atomic E-state index is -0.0465. The summed E-state index contributed by atoms with van der Waals surface area (Å²) in [6, 6.07) is 0. The minimum Gasteiger partial charge on any atom is -0.358 e. The molecule has 3 aliphatic rings. The summed E-state index contributed by atoms with van der Waals surface area (Å²) < 4.78 is 0. The summed E-state index contributed by atoms with van der Waals surface area (Å²) >= 11 is 0. The van der Waals surface area contributed by atoms with Gasteiger partial charge in [-0.05, 0) is 115 Å². The van der Waals surface area contributed by atoms with Crippen LogP contribution in [0.5, 0.6) is 0 Å². The molecule has 0 atom stereocenters. The molecule has 0 amide bonds. The van der Waals surface area contributed by atoms with Gasteiger partial charge in [0.05, 0.1) is 28.4 Å². The van der Waals surface area contributed by atoms with E-state index in [1.54, 1.807) is 121 Å². The SMILES string of the molecule is C1CCC([PH+](C2CCCCC2)C2CCCCC2)CC1.CC(N=O)=C(C)NO.CC(N=O)=C(C)NO.[CH3-].[Co]. The molecule has 0 aromatic heterocycles. The molecule has 0 spiro atoms. The molecule has 8 nitrogen and oxygen atoms in total. The molecule has 0 aliphatic heterocycles. The third-order valence-electron chi connectivity index (χ3n) is 7.92. The zero-order valence-corrected chi connectivity index (χ0v) is 25.8. The maximum atomic E-state index is 9.65. The normalized spacial score (nSPS) is 20.2. The summed E-state index contributed by atoms with van der Waals surface area (Å²) in [4.78, 5) is 19.3. The standard InChI is InChI=1S/C18H33P.2C4H8N2O2.CH3.Co/c1-4-10-16(11-5-1)19(17-12-6-2-7-13-17)18-14-8-3-9-15-18;2*1-3(5-7)4(2)6-8;;/h16-18H,1-15H2;2*5,7H,1-2H3;1H3;/q;;;-1;/p+1. The molecule has 3 rings (SSSR count). The topological polar surface area (TPSA) is 123 Å². The summed E-state index contributed by atoms with van der Waals surface area (Å²) in [6.45, 7) is 6.12. The van der Waals surface area contributed by atoms with E-state index < -0.39 is 0 Å². The van der Waals surface area contributed by atoms with E-state index in [1.165, 1.54) is 30.8 Å². The zero-order valence-electron chi connectivity index (χ0n) is 23.8. The molecule has 10 heteroatoms. The summed E-state index contributed by atoms with van der Waals surface area (Å²) in [5, 5.41) is 21.4. The van der Waals surface area contributed by atoms with Crippen molar-refractivity contribution in [3.8, 4) is 0 Å². The Morgan fingerprint density at radius 1 is 0.595 bits per heavy atom. The van der Waals surface area contributed by atoms with Crippen LogP contribution in [0.25, 0.3) is 0 Å². The molecule has 3 saturated carbocycles. The van der Waals surface area contributed by atoms with Crippen molar-refractivity contribution in [1.29, 1.82) is 0 Å². The first kappa shape index (κ1) is 38.3. The van der Waals surface area contributed by atoms with E-state index in [9.17, 15) is 9.81 Å². The van der Waals surface area contributed by atoms with Crippen LogP contribution in [0.1, 0.15) is 124 Å². The van der Waals surface area contributed by atoms with Crippen LogP contribution in [0, 0.1) is 17.2 Å². The van der Waals surface area contributed by atoms with Crippen LogP contribution in [0.2, 0.25) is 0 Å². The van der Waals surface area contributed by atoms with Gasteiger partial charge in [0.15, 0.2) is 0 Å². The van der Waals surface area contributed by atoms with Crippen LogP contribution in [-0.4, -0.2) is 27.4 Å². The Morgan fingerprint density at radius 3 is 1.00 bits per heavy atom. The maximum Gasteiger partial charge on any atom is 0.103 e. The number of nitrogens with zero attached hydrogens (tertiary/aromatic N) is 2. The Hall–Kier alpha value is -0.864. The van der Waals surface area contributed by atoms with Crippen molar-refractivity contribution in [3.05, 3.63) is 40.0 Å². The van der Waals surface area contributed by atoms with Crippen LogP contribution in [-0.2, 0) is 16.8 Å². The number of hydrogen-bond donors (Lipinski definition) is 4. The first-order chi connectivity index (χ1) is 16.9. The second kappa shape index (κ2) is 23.1. The molecule has 0 unspecified atom stereocenters. The molecule has 0 heterocycles. The van der Waals surface area contributed by atoms with Crippen molar-refractivity contribution < 1.29 is 27.2 Å². The van der Waals surface area contributed by atoms with Gasteiger partial charge in [0.2, 0.25) is 0 Å². The maximum absolute atomic E-state index is 9.65. The zero-order chi connectivity index (χ0) is 26.1. The first-order valence-electron chi connectivity index (χ1n) is 13.6. The van der Waals surface area contributed by atoms with Crippen molar-refractivity contribution in [1.82, 2.24) is 11.0 Å². The van der Waals surface area contributed by atoms with Crippen LogP contribution < -0.4 is 11.0 Å². The molecule has 219 valence electrons. The molecule has 37 heavy (non-hydrogen) atoms. The fourth-order valence-corrected chi connectivity index (χ4v) is 10.8. The van der Waals surface area contributed by atoms with Crippen LogP contribution >= 0.6 is 7.92 Å². The Morgan fingerprint density at radius 2 is 0.838 bits per heavy atom. The molecule has 0 saturated heterocycles. The molecular weight excluding hydrogens is 534 g/mol. The van der Waals surface area contributed by atoms with Gasteiger partial charge < -0.3 is 7.43 Å². The molecule has 0 aromatic carbocycles. The van der Waals surface area contributed by atoms with E-state index in [0.29, 0.717) is 11.4 Å². The van der Waals surface area contributed by atoms with Gasteiger partial charge in [-0.3, -0.25) is 21.4 Å². The Kier molecular flexibility index (Phi) is 23.9. The van der Waals surface area contributed by atoms with E-state index in [4.69, 9.17) is 10.4 Å². The van der Waals surface area contributed by atoms with Gasteiger partial charge in [-0.1, -0.05) is 19.3 Å². The van der Waals surface area contributed by atoms with Crippen LogP contribution in [0.3, 0.4) is 0 Å². The van der Waals surface area contributed by atoms with Crippen LogP contribution in [0.4, 0.5) is 0 Å². The average Bonchev–Trinajstić information content (AvgIpc) is 2.93. The average molecular weight is 588 g/mol. The van der Waals surface area contributed by atoms with Gasteiger partial charge in [0.1, 0.15) is 11.4 Å². The van der Waals surface area contributed by atoms with E-state index in [2.05, 4.69) is 10.4 Å². The first-order valence-corrected chi connectivity index (χ1v) is 15.3. The Labute approximate surface area is 237 Å². The summed E-state index contributed by atoms with van der Waals surface area (Å²) in [5.41, 5.74) is 8.55. The summed E-state index contributed by atoms with van der Waals surface area (Å²) in [7, 11) is -0.0465. The molecule has 4 N–H and O–H groups in total. The van der Waals surface area contributed by atoms with Crippen molar-refractivity contribution in [2.75, 3.05) is 0 Å². The molecular formula is C27H53CoN4O4P. The van der Waals surface area contributed by atoms with Crippen molar-refractivity contribution in [2.45, 2.75) is 141 Å². The number of hydrogen-bond acceptors (Lipinski definition) is 8. The molecule has 3 fully saturated rings. The number of nitrogens with one attached hydrogen (secondary N) is 2. The van der Waals surface area contributed by atoms with Crippen LogP contribution in [0.15, 0.2) is 33.1 Å². The minimum absolute atomic E-state index is 0. The van der Waals surface area contributed by atoms with Crippen molar-refractivity contribution in [2.24, 2.45) is 10.4 Å². The summed E-state index contributed by atoms with van der Waals surface area (Å²) in [6.07, 6.45) is 23.8. The fraction of sp³-hybridized carbons (Fsp3) is 0.815. The van der Waals surface area contributed by atoms with Gasteiger partial charge in [0.25, 0.3) is 0 Å². The summed E-state index contributed by atoms with van der Waals surface area (Å²) in [5.74, 6) is 0. The van der Waals surface area contributed by atoms with Gasteiger partial charge in [0, 0.05) is 24.7 Å². The Balaban J connectivity index is 0. The predicted octanol–water partition coefficient (Wildman–Crippen LogP) is 8.61. The van der Waals surface area contributed by atoms with E-state index >= 15 is 0 Å². The van der Waals surface area contributed by atoms with E-state index in [-0.39, 0.29) is 43.5 Å². The van der Waals surface area contributed by atoms with E-state index in [1.807, 2.05) is 0 Å². The molecule has 1 radical (unpaired) electrons. The Bertz CT molecular complexity index is 603. The second-order valence-electron chi connectivity index (χ2n) is 10.3. The second-order valence-corrected chi connectivity index (χ2v) is 13.8. The molecule has 0 bridgehead atoms. The van der Waals surface area contributed by atoms with Gasteiger partial charge in [-0.25, -0.2) is 0 Å². The number of nitroso groups, excluding NO2 is 2. The number of allylic oxidation sites excluding steroid dienone is 4. The predicted molar refractivity (Wildman–Crippen MR) is 154 cm³/mol. The smallest absolute Gasteiger partial charge is 0.103 e. The van der Waals surface area contributed by atoms with E-state index in [0.717, 1.165) is 0 Å². The monoisotopic (exact) mass is 587 g/mol. The molecule has 0 aromatic rings. The molecule has 3 aliphatic carbocycles.